The molecular formula is C14H18N2O. The number of rotatable bonds is 2. The molecular weight excluding hydrogens is 212 g/mol. The van der Waals surface area contributed by atoms with Gasteiger partial charge < -0.3 is 4.74 Å². The third-order valence-corrected chi connectivity index (χ3v) is 2.66. The van der Waals surface area contributed by atoms with Crippen LogP contribution >= 0.6 is 0 Å². The summed E-state index contributed by atoms with van der Waals surface area (Å²) in [7, 11) is 1.67. The van der Waals surface area contributed by atoms with Crippen molar-refractivity contribution in [2.24, 2.45) is 0 Å². The van der Waals surface area contributed by atoms with Gasteiger partial charge in [-0.3, -0.25) is 0 Å². The maximum Gasteiger partial charge on any atom is 0.216 e. The second-order valence-electron chi connectivity index (χ2n) is 5.07. The minimum absolute atomic E-state index is 0.0211. The summed E-state index contributed by atoms with van der Waals surface area (Å²) in [5, 5.41) is 4.61. The predicted molar refractivity (Wildman–Crippen MR) is 68.8 cm³/mol. The van der Waals surface area contributed by atoms with Crippen LogP contribution in [0, 0.1) is 0 Å². The van der Waals surface area contributed by atoms with Crippen molar-refractivity contribution in [3.8, 4) is 11.6 Å². The highest BCUT2D eigenvalue weighted by Crippen LogP contribution is 2.27. The molecule has 0 saturated carbocycles. The van der Waals surface area contributed by atoms with Crippen molar-refractivity contribution in [3.63, 3.8) is 0 Å². The molecule has 0 aliphatic carbocycles. The molecule has 0 saturated heterocycles. The number of ether oxygens (including phenoxy) is 1. The van der Waals surface area contributed by atoms with E-state index in [0.717, 1.165) is 17.3 Å². The SMILES string of the molecule is COc1cc(C(C)(C)C)nn1-c1ccccc1. The Hall–Kier alpha value is -1.77. The number of hydrogen-bond donors (Lipinski definition) is 0. The lowest BCUT2D eigenvalue weighted by molar-refractivity contribution is 0.383. The third-order valence-electron chi connectivity index (χ3n) is 2.66. The number of para-hydroxylation sites is 1. The van der Waals surface area contributed by atoms with Crippen molar-refractivity contribution in [1.82, 2.24) is 9.78 Å². The lowest BCUT2D eigenvalue weighted by Gasteiger charge is -2.13. The minimum atomic E-state index is 0.0211. The zero-order valence-electron chi connectivity index (χ0n) is 10.8. The molecule has 3 nitrogen and oxygen atoms in total. The number of benzene rings is 1. The van der Waals surface area contributed by atoms with Crippen molar-refractivity contribution in [3.05, 3.63) is 42.1 Å². The van der Waals surface area contributed by atoms with Crippen molar-refractivity contribution >= 4 is 0 Å². The summed E-state index contributed by atoms with van der Waals surface area (Å²) in [6, 6.07) is 12.0. The molecule has 0 bridgehead atoms. The van der Waals surface area contributed by atoms with Gasteiger partial charge in [-0.2, -0.15) is 5.10 Å². The zero-order chi connectivity index (χ0) is 12.5. The lowest BCUT2D eigenvalue weighted by Crippen LogP contribution is -2.12. The van der Waals surface area contributed by atoms with Crippen LogP contribution in [0.25, 0.3) is 5.69 Å². The topological polar surface area (TPSA) is 27.1 Å². The van der Waals surface area contributed by atoms with E-state index in [-0.39, 0.29) is 5.41 Å². The van der Waals surface area contributed by atoms with Gasteiger partial charge in [0.2, 0.25) is 5.88 Å². The first-order chi connectivity index (χ1) is 8.02. The summed E-state index contributed by atoms with van der Waals surface area (Å²) in [6.07, 6.45) is 0. The van der Waals surface area contributed by atoms with E-state index in [2.05, 4.69) is 25.9 Å². The largest absolute Gasteiger partial charge is 0.481 e. The highest BCUT2D eigenvalue weighted by atomic mass is 16.5. The summed E-state index contributed by atoms with van der Waals surface area (Å²) in [6.45, 7) is 6.43. The van der Waals surface area contributed by atoms with Crippen LogP contribution in [-0.2, 0) is 5.41 Å². The van der Waals surface area contributed by atoms with Crippen LogP contribution in [-0.4, -0.2) is 16.9 Å². The molecule has 90 valence electrons. The zero-order valence-corrected chi connectivity index (χ0v) is 10.8. The van der Waals surface area contributed by atoms with E-state index in [4.69, 9.17) is 4.74 Å². The maximum atomic E-state index is 5.38. The number of aromatic nitrogens is 2. The van der Waals surface area contributed by atoms with Gasteiger partial charge in [0.05, 0.1) is 18.5 Å². The Morgan fingerprint density at radius 1 is 1.12 bits per heavy atom. The van der Waals surface area contributed by atoms with Crippen LogP contribution in [0.1, 0.15) is 26.5 Å². The highest BCUT2D eigenvalue weighted by Gasteiger charge is 2.20. The van der Waals surface area contributed by atoms with Gasteiger partial charge in [-0.05, 0) is 12.1 Å². The molecule has 0 fully saturated rings. The van der Waals surface area contributed by atoms with Gasteiger partial charge in [0.25, 0.3) is 0 Å². The Bertz CT molecular complexity index is 495. The summed E-state index contributed by atoms with van der Waals surface area (Å²) >= 11 is 0. The Balaban J connectivity index is 2.51. The van der Waals surface area contributed by atoms with Gasteiger partial charge in [-0.1, -0.05) is 39.0 Å². The van der Waals surface area contributed by atoms with Crippen molar-refractivity contribution in [2.75, 3.05) is 7.11 Å². The summed E-state index contributed by atoms with van der Waals surface area (Å²) in [5.41, 5.74) is 2.06. The summed E-state index contributed by atoms with van der Waals surface area (Å²) in [5.74, 6) is 0.765. The molecule has 3 heteroatoms. The molecule has 0 atom stereocenters. The maximum absolute atomic E-state index is 5.38. The molecule has 0 amide bonds. The molecule has 1 heterocycles. The fourth-order valence-electron chi connectivity index (χ4n) is 1.63. The average molecular weight is 230 g/mol. The van der Waals surface area contributed by atoms with Crippen molar-refractivity contribution in [2.45, 2.75) is 26.2 Å². The first kappa shape index (κ1) is 11.7. The van der Waals surface area contributed by atoms with E-state index in [1.54, 1.807) is 7.11 Å². The van der Waals surface area contributed by atoms with Crippen LogP contribution in [0.3, 0.4) is 0 Å². The average Bonchev–Trinajstić information content (AvgIpc) is 2.73. The summed E-state index contributed by atoms with van der Waals surface area (Å²) in [4.78, 5) is 0. The van der Waals surface area contributed by atoms with E-state index in [0.29, 0.717) is 0 Å². The fraction of sp³-hybridized carbons (Fsp3) is 0.357. The van der Waals surface area contributed by atoms with E-state index in [1.165, 1.54) is 0 Å². The van der Waals surface area contributed by atoms with Gasteiger partial charge in [0, 0.05) is 11.5 Å². The lowest BCUT2D eigenvalue weighted by atomic mass is 9.93. The van der Waals surface area contributed by atoms with Crippen LogP contribution in [0.4, 0.5) is 0 Å². The second-order valence-corrected chi connectivity index (χ2v) is 5.07. The monoisotopic (exact) mass is 230 g/mol. The van der Waals surface area contributed by atoms with Gasteiger partial charge in [-0.25, -0.2) is 4.68 Å². The normalized spacial score (nSPS) is 11.5. The van der Waals surface area contributed by atoms with Crippen LogP contribution in [0.2, 0.25) is 0 Å². The first-order valence-electron chi connectivity index (χ1n) is 5.72. The van der Waals surface area contributed by atoms with Gasteiger partial charge >= 0.3 is 0 Å². The van der Waals surface area contributed by atoms with E-state index in [1.807, 2.05) is 41.1 Å². The second kappa shape index (κ2) is 4.24. The first-order valence-corrected chi connectivity index (χ1v) is 5.72. The molecule has 2 rings (SSSR count). The molecule has 2 aromatic rings. The molecule has 1 aromatic carbocycles. The standard InChI is InChI=1S/C14H18N2O/c1-14(2,3)12-10-13(17-4)16(15-12)11-8-6-5-7-9-11/h5-10H,1-4H3. The Morgan fingerprint density at radius 2 is 1.76 bits per heavy atom. The summed E-state index contributed by atoms with van der Waals surface area (Å²) < 4.78 is 7.21. The molecule has 0 spiro atoms. The van der Waals surface area contributed by atoms with E-state index in [9.17, 15) is 0 Å². The fourth-order valence-corrected chi connectivity index (χ4v) is 1.63. The highest BCUT2D eigenvalue weighted by molar-refractivity contribution is 5.36. The van der Waals surface area contributed by atoms with E-state index < -0.39 is 0 Å². The van der Waals surface area contributed by atoms with Crippen LogP contribution in [0.5, 0.6) is 5.88 Å². The molecule has 17 heavy (non-hydrogen) atoms. The Morgan fingerprint density at radius 3 is 2.29 bits per heavy atom. The molecule has 1 aromatic heterocycles. The van der Waals surface area contributed by atoms with Crippen molar-refractivity contribution in [1.29, 1.82) is 0 Å². The quantitative estimate of drug-likeness (QED) is 0.792. The van der Waals surface area contributed by atoms with Gasteiger partial charge in [0.15, 0.2) is 0 Å². The molecule has 0 aliphatic rings. The molecule has 0 radical (unpaired) electrons. The molecule has 0 unspecified atom stereocenters. The minimum Gasteiger partial charge on any atom is -0.481 e. The van der Waals surface area contributed by atoms with Crippen LogP contribution in [0.15, 0.2) is 36.4 Å². The molecule has 0 N–H and O–H groups in total. The molecule has 0 aliphatic heterocycles. The smallest absolute Gasteiger partial charge is 0.216 e. The van der Waals surface area contributed by atoms with Crippen molar-refractivity contribution < 1.29 is 4.74 Å². The predicted octanol–water partition coefficient (Wildman–Crippen LogP) is 3.18. The Kier molecular flexibility index (Phi) is 2.92. The van der Waals surface area contributed by atoms with Crippen LogP contribution < -0.4 is 4.74 Å². The van der Waals surface area contributed by atoms with Gasteiger partial charge in [-0.15, -0.1) is 0 Å². The van der Waals surface area contributed by atoms with Gasteiger partial charge in [0.1, 0.15) is 0 Å². The third kappa shape index (κ3) is 2.33. The Labute approximate surface area is 102 Å². The number of methoxy groups -OCH3 is 1. The number of nitrogens with zero attached hydrogens (tertiary/aromatic N) is 2. The number of hydrogen-bond acceptors (Lipinski definition) is 2. The van der Waals surface area contributed by atoms with E-state index >= 15 is 0 Å².